The van der Waals surface area contributed by atoms with Crippen molar-refractivity contribution in [3.63, 3.8) is 0 Å². The first-order valence-corrected chi connectivity index (χ1v) is 7.33. The number of hydrogen-bond acceptors (Lipinski definition) is 3. The molecule has 88 valence electrons. The molecule has 0 saturated heterocycles. The summed E-state index contributed by atoms with van der Waals surface area (Å²) < 4.78 is 0. The van der Waals surface area contributed by atoms with E-state index < -0.39 is 0 Å². The van der Waals surface area contributed by atoms with E-state index in [2.05, 4.69) is 22.6 Å². The van der Waals surface area contributed by atoms with E-state index in [-0.39, 0.29) is 0 Å². The van der Waals surface area contributed by atoms with Crippen molar-refractivity contribution in [2.45, 2.75) is 45.1 Å². The molecule has 1 aromatic heterocycles. The summed E-state index contributed by atoms with van der Waals surface area (Å²) in [5.41, 5.74) is 1.26. The van der Waals surface area contributed by atoms with Crippen molar-refractivity contribution in [1.29, 1.82) is 0 Å². The highest BCUT2D eigenvalue weighted by Gasteiger charge is 2.38. The van der Waals surface area contributed by atoms with Gasteiger partial charge in [0.2, 0.25) is 0 Å². The van der Waals surface area contributed by atoms with Gasteiger partial charge in [-0.1, -0.05) is 6.42 Å². The number of nitrogens with zero attached hydrogens (tertiary/aromatic N) is 1. The molecule has 2 saturated carbocycles. The maximum atomic E-state index is 4.50. The molecule has 3 heteroatoms. The summed E-state index contributed by atoms with van der Waals surface area (Å²) in [4.78, 5) is 4.50. The lowest BCUT2D eigenvalue weighted by Gasteiger charge is -2.22. The lowest BCUT2D eigenvalue weighted by atomic mass is 9.95. The van der Waals surface area contributed by atoms with Gasteiger partial charge in [0.05, 0.1) is 10.7 Å². The highest BCUT2D eigenvalue weighted by Crippen LogP contribution is 2.44. The van der Waals surface area contributed by atoms with Crippen LogP contribution in [0.15, 0.2) is 5.38 Å². The zero-order chi connectivity index (χ0) is 11.0. The Bertz CT molecular complexity index is 361. The molecule has 3 rings (SSSR count). The zero-order valence-corrected chi connectivity index (χ0v) is 10.7. The first-order valence-electron chi connectivity index (χ1n) is 6.45. The number of aromatic nitrogens is 1. The molecule has 0 unspecified atom stereocenters. The first-order chi connectivity index (χ1) is 7.81. The minimum Gasteiger partial charge on any atom is -0.313 e. The van der Waals surface area contributed by atoms with Crippen molar-refractivity contribution in [1.82, 2.24) is 10.3 Å². The number of fused-ring (bicyclic) bond motifs is 2. The second-order valence-electron chi connectivity index (χ2n) is 5.34. The summed E-state index contributed by atoms with van der Waals surface area (Å²) in [6, 6.07) is 0.818. The van der Waals surface area contributed by atoms with E-state index in [9.17, 15) is 0 Å². The van der Waals surface area contributed by atoms with E-state index in [0.717, 1.165) is 30.8 Å². The third-order valence-corrected chi connectivity index (χ3v) is 5.01. The van der Waals surface area contributed by atoms with Gasteiger partial charge in [0.15, 0.2) is 0 Å². The van der Waals surface area contributed by atoms with Crippen LogP contribution in [-0.2, 0) is 6.42 Å². The van der Waals surface area contributed by atoms with Gasteiger partial charge in [0, 0.05) is 24.4 Å². The molecule has 0 spiro atoms. The lowest BCUT2D eigenvalue weighted by molar-refractivity contribution is 0.354. The second kappa shape index (κ2) is 4.46. The van der Waals surface area contributed by atoms with E-state index in [1.807, 2.05) is 0 Å². The number of hydrogen-bond donors (Lipinski definition) is 1. The molecule has 1 aromatic rings. The van der Waals surface area contributed by atoms with Crippen LogP contribution in [0.2, 0.25) is 0 Å². The summed E-state index contributed by atoms with van der Waals surface area (Å²) in [5.74, 6) is 2.03. The predicted molar refractivity (Wildman–Crippen MR) is 67.8 cm³/mol. The van der Waals surface area contributed by atoms with Crippen LogP contribution in [0.1, 0.15) is 36.4 Å². The van der Waals surface area contributed by atoms with Crippen molar-refractivity contribution in [3.05, 3.63) is 16.1 Å². The smallest absolute Gasteiger partial charge is 0.0897 e. The quantitative estimate of drug-likeness (QED) is 0.869. The van der Waals surface area contributed by atoms with Crippen molar-refractivity contribution >= 4 is 11.3 Å². The molecular weight excluding hydrogens is 216 g/mol. The molecule has 2 bridgehead atoms. The van der Waals surface area contributed by atoms with Crippen molar-refractivity contribution in [2.24, 2.45) is 11.8 Å². The normalized spacial score (nSPS) is 32.4. The monoisotopic (exact) mass is 236 g/mol. The van der Waals surface area contributed by atoms with Crippen LogP contribution in [-0.4, -0.2) is 17.6 Å². The average Bonchev–Trinajstić information content (AvgIpc) is 2.94. The Hall–Kier alpha value is -0.410. The van der Waals surface area contributed by atoms with Gasteiger partial charge in [-0.15, -0.1) is 11.3 Å². The summed E-state index contributed by atoms with van der Waals surface area (Å²) >= 11 is 1.76. The van der Waals surface area contributed by atoms with Crippen LogP contribution in [0.25, 0.3) is 0 Å². The van der Waals surface area contributed by atoms with Gasteiger partial charge in [-0.3, -0.25) is 0 Å². The Balaban J connectivity index is 1.44. The van der Waals surface area contributed by atoms with Crippen LogP contribution in [0, 0.1) is 18.8 Å². The van der Waals surface area contributed by atoms with Crippen LogP contribution in [0.5, 0.6) is 0 Å². The Morgan fingerprint density at radius 3 is 3.00 bits per heavy atom. The molecule has 2 aliphatic rings. The highest BCUT2D eigenvalue weighted by atomic mass is 32.1. The summed E-state index contributed by atoms with van der Waals surface area (Å²) in [7, 11) is 0. The van der Waals surface area contributed by atoms with Gasteiger partial charge in [0.1, 0.15) is 0 Å². The van der Waals surface area contributed by atoms with E-state index in [4.69, 9.17) is 0 Å². The van der Waals surface area contributed by atoms with Crippen LogP contribution in [0.3, 0.4) is 0 Å². The fraction of sp³-hybridized carbons (Fsp3) is 0.769. The van der Waals surface area contributed by atoms with E-state index >= 15 is 0 Å². The van der Waals surface area contributed by atoms with Crippen LogP contribution < -0.4 is 5.32 Å². The van der Waals surface area contributed by atoms with Crippen molar-refractivity contribution in [2.75, 3.05) is 6.54 Å². The maximum Gasteiger partial charge on any atom is 0.0897 e. The Kier molecular flexibility index (Phi) is 2.99. The first kappa shape index (κ1) is 10.7. The van der Waals surface area contributed by atoms with E-state index in [1.165, 1.54) is 36.4 Å². The molecule has 0 aromatic carbocycles. The summed E-state index contributed by atoms with van der Waals surface area (Å²) in [6.45, 7) is 3.19. The van der Waals surface area contributed by atoms with Gasteiger partial charge in [-0.25, -0.2) is 4.98 Å². The standard InChI is InChI=1S/C13H20N2S/c1-9-15-12(8-16-9)4-5-14-13-7-10-2-3-11(13)6-10/h8,10-11,13-14H,2-7H2,1H3/t10-,11-,13+/m0/s1. The SMILES string of the molecule is Cc1nc(CCN[C@@H]2C[C@H]3CC[C@H]2C3)cs1. The molecule has 3 atom stereocenters. The molecule has 0 aliphatic heterocycles. The summed E-state index contributed by atoms with van der Waals surface area (Å²) in [5, 5.41) is 7.12. The van der Waals surface area contributed by atoms with Crippen LogP contribution in [0.4, 0.5) is 0 Å². The fourth-order valence-corrected chi connectivity index (χ4v) is 4.05. The topological polar surface area (TPSA) is 24.9 Å². The maximum absolute atomic E-state index is 4.50. The minimum atomic E-state index is 0.818. The molecule has 1 heterocycles. The largest absolute Gasteiger partial charge is 0.313 e. The molecule has 2 aliphatic carbocycles. The molecule has 2 nitrogen and oxygen atoms in total. The lowest BCUT2D eigenvalue weighted by Crippen LogP contribution is -2.35. The molecular formula is C13H20N2S. The molecule has 16 heavy (non-hydrogen) atoms. The minimum absolute atomic E-state index is 0.818. The fourth-order valence-electron chi connectivity index (χ4n) is 3.40. The Labute approximate surface area is 101 Å². The molecule has 0 radical (unpaired) electrons. The van der Waals surface area contributed by atoms with Crippen molar-refractivity contribution < 1.29 is 0 Å². The highest BCUT2D eigenvalue weighted by molar-refractivity contribution is 7.09. The zero-order valence-electron chi connectivity index (χ0n) is 9.91. The number of rotatable bonds is 4. The number of thiazole rings is 1. The van der Waals surface area contributed by atoms with Gasteiger partial charge in [-0.05, 0) is 38.0 Å². The third-order valence-electron chi connectivity index (χ3n) is 4.19. The molecule has 1 N–H and O–H groups in total. The summed E-state index contributed by atoms with van der Waals surface area (Å²) in [6.07, 6.45) is 6.98. The number of nitrogens with one attached hydrogen (secondary N) is 1. The van der Waals surface area contributed by atoms with Gasteiger partial charge >= 0.3 is 0 Å². The van der Waals surface area contributed by atoms with E-state index in [1.54, 1.807) is 11.3 Å². The Morgan fingerprint density at radius 2 is 2.38 bits per heavy atom. The molecule has 0 amide bonds. The Morgan fingerprint density at radius 1 is 1.44 bits per heavy atom. The third kappa shape index (κ3) is 2.16. The predicted octanol–water partition coefficient (Wildman–Crippen LogP) is 2.77. The molecule has 2 fully saturated rings. The number of aryl methyl sites for hydroxylation is 1. The van der Waals surface area contributed by atoms with Crippen LogP contribution >= 0.6 is 11.3 Å². The second-order valence-corrected chi connectivity index (χ2v) is 6.41. The van der Waals surface area contributed by atoms with Gasteiger partial charge < -0.3 is 5.32 Å². The average molecular weight is 236 g/mol. The van der Waals surface area contributed by atoms with E-state index in [0.29, 0.717) is 0 Å². The van der Waals surface area contributed by atoms with Crippen molar-refractivity contribution in [3.8, 4) is 0 Å². The van der Waals surface area contributed by atoms with Gasteiger partial charge in [0.25, 0.3) is 0 Å². The van der Waals surface area contributed by atoms with Gasteiger partial charge in [-0.2, -0.15) is 0 Å².